The Labute approximate surface area is 183 Å². The van der Waals surface area contributed by atoms with E-state index in [0.29, 0.717) is 35.8 Å². The van der Waals surface area contributed by atoms with Crippen molar-refractivity contribution < 1.29 is 5.11 Å². The molecule has 0 radical (unpaired) electrons. The lowest BCUT2D eigenvalue weighted by atomic mass is 10.1. The molecule has 0 aliphatic carbocycles. The molecule has 5 rings (SSSR count). The maximum atomic E-state index is 13.6. The van der Waals surface area contributed by atoms with E-state index in [2.05, 4.69) is 16.0 Å². The van der Waals surface area contributed by atoms with E-state index in [1.807, 2.05) is 35.2 Å². The number of phenolic OH excluding ortho intramolecular Hbond substituents is 1. The van der Waals surface area contributed by atoms with E-state index >= 15 is 0 Å². The number of hydrogen-bond donors (Lipinski definition) is 2. The van der Waals surface area contributed by atoms with Crippen LogP contribution in [0, 0.1) is 11.3 Å². The van der Waals surface area contributed by atoms with Crippen LogP contribution in [0.4, 0.5) is 11.6 Å². The fourth-order valence-electron chi connectivity index (χ4n) is 4.28. The summed E-state index contributed by atoms with van der Waals surface area (Å²) in [7, 11) is 0. The second kappa shape index (κ2) is 7.67. The minimum atomic E-state index is -0.358. The monoisotopic (exact) mass is 425 g/mol. The summed E-state index contributed by atoms with van der Waals surface area (Å²) < 4.78 is 1.53. The van der Waals surface area contributed by atoms with Gasteiger partial charge in [0.05, 0.1) is 17.2 Å². The van der Waals surface area contributed by atoms with Crippen molar-refractivity contribution in [2.75, 3.05) is 17.2 Å². The van der Waals surface area contributed by atoms with Crippen LogP contribution < -0.4 is 16.2 Å². The van der Waals surface area contributed by atoms with E-state index in [4.69, 9.17) is 10.7 Å². The van der Waals surface area contributed by atoms with E-state index in [1.165, 1.54) is 17.0 Å². The summed E-state index contributed by atoms with van der Waals surface area (Å²) in [5.74, 6) is 0.931. The number of nitriles is 1. The Balaban J connectivity index is 1.78. The predicted molar refractivity (Wildman–Crippen MR) is 119 cm³/mol. The highest BCUT2D eigenvalue weighted by Crippen LogP contribution is 2.37. The molecule has 0 saturated carbocycles. The van der Waals surface area contributed by atoms with Crippen molar-refractivity contribution in [2.24, 2.45) is 0 Å². The standard InChI is InChI=1S/C23H19N7O2/c24-12-15-20(25)26-13-27-21(15)29-11-5-9-17(29)22-28-16-8-4-10-18(31)19(16)23(32)30(22)14-6-2-1-3-7-14/h1-4,6-8,10,13,17,31H,5,9,11H2,(H2,25,26,27). The maximum absolute atomic E-state index is 13.6. The Morgan fingerprint density at radius 3 is 2.72 bits per heavy atom. The molecule has 9 heteroatoms. The normalized spacial score (nSPS) is 15.7. The van der Waals surface area contributed by atoms with E-state index in [-0.39, 0.29) is 34.1 Å². The molecule has 1 saturated heterocycles. The Bertz CT molecular complexity index is 1430. The summed E-state index contributed by atoms with van der Waals surface area (Å²) in [6.07, 6.45) is 2.86. The first kappa shape index (κ1) is 19.5. The fraction of sp³-hybridized carbons (Fsp3) is 0.174. The van der Waals surface area contributed by atoms with E-state index in [9.17, 15) is 15.2 Å². The minimum Gasteiger partial charge on any atom is -0.507 e. The first-order valence-electron chi connectivity index (χ1n) is 10.2. The van der Waals surface area contributed by atoms with Crippen molar-refractivity contribution in [2.45, 2.75) is 18.9 Å². The number of para-hydroxylation sites is 1. The van der Waals surface area contributed by atoms with Crippen molar-refractivity contribution in [1.82, 2.24) is 19.5 Å². The van der Waals surface area contributed by atoms with Crippen LogP contribution in [-0.4, -0.2) is 31.2 Å². The molecule has 0 amide bonds. The van der Waals surface area contributed by atoms with Gasteiger partial charge in [0.1, 0.15) is 40.7 Å². The summed E-state index contributed by atoms with van der Waals surface area (Å²) in [6, 6.07) is 15.8. The highest BCUT2D eigenvalue weighted by Gasteiger charge is 2.34. The Hall–Kier alpha value is -4.45. The summed E-state index contributed by atoms with van der Waals surface area (Å²) in [6.45, 7) is 0.624. The number of aromatic nitrogens is 4. The largest absolute Gasteiger partial charge is 0.507 e. The van der Waals surface area contributed by atoms with Gasteiger partial charge in [0.25, 0.3) is 5.56 Å². The molecule has 32 heavy (non-hydrogen) atoms. The van der Waals surface area contributed by atoms with Gasteiger partial charge < -0.3 is 15.7 Å². The molecule has 0 bridgehead atoms. The number of hydrogen-bond acceptors (Lipinski definition) is 8. The molecule has 1 aliphatic rings. The van der Waals surface area contributed by atoms with Crippen LogP contribution in [0.2, 0.25) is 0 Å². The second-order valence-electron chi connectivity index (χ2n) is 7.54. The van der Waals surface area contributed by atoms with Gasteiger partial charge >= 0.3 is 0 Å². The second-order valence-corrected chi connectivity index (χ2v) is 7.54. The van der Waals surface area contributed by atoms with Crippen molar-refractivity contribution in [3.63, 3.8) is 0 Å². The number of nitrogens with zero attached hydrogens (tertiary/aromatic N) is 6. The zero-order valence-electron chi connectivity index (χ0n) is 17.0. The third kappa shape index (κ3) is 3.01. The van der Waals surface area contributed by atoms with Crippen LogP contribution in [-0.2, 0) is 0 Å². The molecule has 2 aromatic carbocycles. The van der Waals surface area contributed by atoms with Crippen LogP contribution >= 0.6 is 0 Å². The third-order valence-corrected chi connectivity index (χ3v) is 5.71. The molecule has 2 aromatic heterocycles. The van der Waals surface area contributed by atoms with Gasteiger partial charge in [0.15, 0.2) is 5.82 Å². The molecular formula is C23H19N7O2. The maximum Gasteiger partial charge on any atom is 0.269 e. The third-order valence-electron chi connectivity index (χ3n) is 5.71. The quantitative estimate of drug-likeness (QED) is 0.512. The van der Waals surface area contributed by atoms with Gasteiger partial charge in [-0.15, -0.1) is 0 Å². The molecule has 158 valence electrons. The first-order valence-corrected chi connectivity index (χ1v) is 10.2. The van der Waals surface area contributed by atoms with Crippen LogP contribution in [0.3, 0.4) is 0 Å². The van der Waals surface area contributed by atoms with Crippen molar-refractivity contribution in [3.8, 4) is 17.5 Å². The van der Waals surface area contributed by atoms with Gasteiger partial charge in [0.2, 0.25) is 0 Å². The van der Waals surface area contributed by atoms with Crippen LogP contribution in [0.1, 0.15) is 30.3 Å². The Morgan fingerprint density at radius 2 is 1.94 bits per heavy atom. The van der Waals surface area contributed by atoms with Crippen LogP contribution in [0.15, 0.2) is 59.7 Å². The molecule has 0 spiro atoms. The number of rotatable bonds is 3. The average Bonchev–Trinajstić information content (AvgIpc) is 3.29. The smallest absolute Gasteiger partial charge is 0.269 e. The van der Waals surface area contributed by atoms with Gasteiger partial charge in [-0.2, -0.15) is 5.26 Å². The van der Waals surface area contributed by atoms with Gasteiger partial charge in [0, 0.05) is 6.54 Å². The molecule has 3 heterocycles. The minimum absolute atomic E-state index is 0.111. The fourth-order valence-corrected chi connectivity index (χ4v) is 4.28. The number of benzene rings is 2. The molecule has 9 nitrogen and oxygen atoms in total. The summed E-state index contributed by atoms with van der Waals surface area (Å²) in [5, 5.41) is 20.2. The van der Waals surface area contributed by atoms with Crippen LogP contribution in [0.25, 0.3) is 16.6 Å². The number of nitrogens with two attached hydrogens (primary N) is 1. The lowest BCUT2D eigenvalue weighted by molar-refractivity contribution is 0.480. The van der Waals surface area contributed by atoms with Crippen LogP contribution in [0.5, 0.6) is 5.75 Å². The number of fused-ring (bicyclic) bond motifs is 1. The van der Waals surface area contributed by atoms with Gasteiger partial charge in [-0.1, -0.05) is 24.3 Å². The lowest BCUT2D eigenvalue weighted by Gasteiger charge is -2.28. The van der Waals surface area contributed by atoms with Crippen molar-refractivity contribution >= 4 is 22.5 Å². The number of anilines is 2. The number of nitrogen functional groups attached to an aromatic ring is 1. The SMILES string of the molecule is N#Cc1c(N)ncnc1N1CCCC1c1nc2cccc(O)c2c(=O)n1-c1ccccc1. The zero-order chi connectivity index (χ0) is 22.2. The van der Waals surface area contributed by atoms with Gasteiger partial charge in [-0.3, -0.25) is 9.36 Å². The highest BCUT2D eigenvalue weighted by molar-refractivity contribution is 5.84. The summed E-state index contributed by atoms with van der Waals surface area (Å²) in [4.78, 5) is 28.6. The van der Waals surface area contributed by atoms with Gasteiger partial charge in [-0.25, -0.2) is 15.0 Å². The molecule has 1 atom stereocenters. The summed E-state index contributed by atoms with van der Waals surface area (Å²) >= 11 is 0. The van der Waals surface area contributed by atoms with Crippen molar-refractivity contribution in [1.29, 1.82) is 5.26 Å². The van der Waals surface area contributed by atoms with E-state index in [0.717, 1.165) is 6.42 Å². The highest BCUT2D eigenvalue weighted by atomic mass is 16.3. The molecule has 1 unspecified atom stereocenters. The molecule has 3 N–H and O–H groups in total. The molecule has 1 aliphatic heterocycles. The molecule has 1 fully saturated rings. The molecule has 4 aromatic rings. The average molecular weight is 425 g/mol. The first-order chi connectivity index (χ1) is 15.6. The van der Waals surface area contributed by atoms with Crippen molar-refractivity contribution in [3.05, 3.63) is 76.6 Å². The zero-order valence-corrected chi connectivity index (χ0v) is 17.0. The lowest BCUT2D eigenvalue weighted by Crippen LogP contribution is -2.32. The van der Waals surface area contributed by atoms with Gasteiger partial charge in [-0.05, 0) is 37.1 Å². The number of phenols is 1. The predicted octanol–water partition coefficient (Wildman–Crippen LogP) is 2.68. The number of aromatic hydroxyl groups is 1. The topological polar surface area (TPSA) is 134 Å². The van der Waals surface area contributed by atoms with E-state index < -0.39 is 0 Å². The Kier molecular flexibility index (Phi) is 4.67. The van der Waals surface area contributed by atoms with E-state index in [1.54, 1.807) is 12.1 Å². The summed E-state index contributed by atoms with van der Waals surface area (Å²) in [5.41, 5.74) is 6.81. The Morgan fingerprint density at radius 1 is 1.12 bits per heavy atom. The molecular weight excluding hydrogens is 406 g/mol.